The Bertz CT molecular complexity index is 566. The fourth-order valence-electron chi connectivity index (χ4n) is 2.98. The van der Waals surface area contributed by atoms with Crippen molar-refractivity contribution in [2.24, 2.45) is 4.99 Å². The summed E-state index contributed by atoms with van der Waals surface area (Å²) in [6.07, 6.45) is 4.41. The number of nitrogens with one attached hydrogen (secondary N) is 2. The summed E-state index contributed by atoms with van der Waals surface area (Å²) in [5.41, 5.74) is 1.89. The van der Waals surface area contributed by atoms with Crippen LogP contribution in [0.15, 0.2) is 29.3 Å². The zero-order valence-electron chi connectivity index (χ0n) is 16.1. The van der Waals surface area contributed by atoms with Crippen molar-refractivity contribution >= 4 is 11.9 Å². The number of carbonyl (C=O) groups is 1. The summed E-state index contributed by atoms with van der Waals surface area (Å²) >= 11 is 0. The summed E-state index contributed by atoms with van der Waals surface area (Å²) in [7, 11) is 1.76. The van der Waals surface area contributed by atoms with Crippen LogP contribution >= 0.6 is 0 Å². The van der Waals surface area contributed by atoms with Gasteiger partial charge < -0.3 is 20.3 Å². The number of rotatable bonds is 8. The monoisotopic (exact) mass is 360 g/mol. The third-order valence-corrected chi connectivity index (χ3v) is 4.49. The lowest BCUT2D eigenvalue weighted by Crippen LogP contribution is -2.37. The molecule has 144 valence electrons. The van der Waals surface area contributed by atoms with E-state index in [1.54, 1.807) is 7.05 Å². The smallest absolute Gasteiger partial charge is 0.253 e. The minimum absolute atomic E-state index is 0.149. The maximum absolute atomic E-state index is 12.5. The molecule has 2 rings (SSSR count). The Morgan fingerprint density at radius 1 is 1.15 bits per heavy atom. The number of amides is 1. The van der Waals surface area contributed by atoms with Crippen LogP contribution in [-0.2, 0) is 11.3 Å². The van der Waals surface area contributed by atoms with Gasteiger partial charge in [0.15, 0.2) is 5.96 Å². The molecule has 0 unspecified atom stereocenters. The van der Waals surface area contributed by atoms with Crippen LogP contribution in [0.25, 0.3) is 0 Å². The number of hydrogen-bond donors (Lipinski definition) is 2. The third-order valence-electron chi connectivity index (χ3n) is 4.49. The van der Waals surface area contributed by atoms with Gasteiger partial charge in [-0.1, -0.05) is 12.1 Å². The lowest BCUT2D eigenvalue weighted by molar-refractivity contribution is 0.0724. The first-order valence-electron chi connectivity index (χ1n) is 9.65. The molecule has 1 aliphatic rings. The number of nitrogens with zero attached hydrogens (tertiary/aromatic N) is 2. The predicted molar refractivity (Wildman–Crippen MR) is 106 cm³/mol. The number of carbonyl (C=O) groups excluding carboxylic acids is 1. The molecule has 1 saturated heterocycles. The van der Waals surface area contributed by atoms with Gasteiger partial charge in [-0.3, -0.25) is 9.79 Å². The molecule has 0 aliphatic carbocycles. The first-order valence-corrected chi connectivity index (χ1v) is 9.65. The quantitative estimate of drug-likeness (QED) is 0.424. The molecule has 1 heterocycles. The molecule has 1 fully saturated rings. The SMILES string of the molecule is CCOCCCNC(=NC)NCc1ccc(C(=O)N2CCCCC2)cc1. The molecular formula is C20H32N4O2. The van der Waals surface area contributed by atoms with Gasteiger partial charge in [0, 0.05) is 52.0 Å². The van der Waals surface area contributed by atoms with Crippen molar-refractivity contribution in [3.05, 3.63) is 35.4 Å². The summed E-state index contributed by atoms with van der Waals surface area (Å²) in [4.78, 5) is 18.7. The van der Waals surface area contributed by atoms with E-state index in [0.29, 0.717) is 6.54 Å². The van der Waals surface area contributed by atoms with Gasteiger partial charge in [0.2, 0.25) is 0 Å². The Labute approximate surface area is 157 Å². The number of aliphatic imine (C=N–C) groups is 1. The highest BCUT2D eigenvalue weighted by Gasteiger charge is 2.17. The minimum atomic E-state index is 0.149. The van der Waals surface area contributed by atoms with Gasteiger partial charge in [0.25, 0.3) is 5.91 Å². The molecule has 26 heavy (non-hydrogen) atoms. The standard InChI is InChI=1S/C20H32N4O2/c1-3-26-15-7-12-22-20(21-2)23-16-17-8-10-18(11-9-17)19(25)24-13-5-4-6-14-24/h8-11H,3-7,12-16H2,1-2H3,(H2,21,22,23). The second-order valence-corrected chi connectivity index (χ2v) is 6.45. The van der Waals surface area contributed by atoms with E-state index in [-0.39, 0.29) is 5.91 Å². The molecule has 0 spiro atoms. The number of guanidine groups is 1. The number of benzene rings is 1. The summed E-state index contributed by atoms with van der Waals surface area (Å²) in [6, 6.07) is 7.86. The van der Waals surface area contributed by atoms with E-state index in [4.69, 9.17) is 4.74 Å². The molecule has 0 bridgehead atoms. The summed E-state index contributed by atoms with van der Waals surface area (Å²) in [5.74, 6) is 0.922. The van der Waals surface area contributed by atoms with E-state index in [1.807, 2.05) is 36.1 Å². The average molecular weight is 361 g/mol. The van der Waals surface area contributed by atoms with Crippen LogP contribution in [0, 0.1) is 0 Å². The summed E-state index contributed by atoms with van der Waals surface area (Å²) in [5, 5.41) is 6.56. The molecule has 6 nitrogen and oxygen atoms in total. The van der Waals surface area contributed by atoms with Crippen LogP contribution in [0.1, 0.15) is 48.5 Å². The molecule has 6 heteroatoms. The fourth-order valence-corrected chi connectivity index (χ4v) is 2.98. The van der Waals surface area contributed by atoms with E-state index < -0.39 is 0 Å². The van der Waals surface area contributed by atoms with Crippen LogP contribution in [-0.4, -0.2) is 56.7 Å². The number of ether oxygens (including phenoxy) is 1. The second-order valence-electron chi connectivity index (χ2n) is 6.45. The zero-order valence-corrected chi connectivity index (χ0v) is 16.1. The number of likely N-dealkylation sites (tertiary alicyclic amines) is 1. The van der Waals surface area contributed by atoms with E-state index >= 15 is 0 Å². The number of hydrogen-bond acceptors (Lipinski definition) is 3. The zero-order chi connectivity index (χ0) is 18.6. The normalized spacial score (nSPS) is 15.0. The van der Waals surface area contributed by atoms with E-state index in [0.717, 1.165) is 69.2 Å². The molecular weight excluding hydrogens is 328 g/mol. The maximum Gasteiger partial charge on any atom is 0.253 e. The molecule has 1 aliphatic heterocycles. The Morgan fingerprint density at radius 2 is 1.88 bits per heavy atom. The lowest BCUT2D eigenvalue weighted by atomic mass is 10.1. The van der Waals surface area contributed by atoms with Crippen LogP contribution in [0.4, 0.5) is 0 Å². The highest BCUT2D eigenvalue weighted by molar-refractivity contribution is 5.94. The van der Waals surface area contributed by atoms with Crippen molar-refractivity contribution in [3.63, 3.8) is 0 Å². The Balaban J connectivity index is 1.76. The third kappa shape index (κ3) is 6.67. The summed E-state index contributed by atoms with van der Waals surface area (Å²) in [6.45, 7) is 6.77. The van der Waals surface area contributed by atoms with Crippen LogP contribution in [0.2, 0.25) is 0 Å². The lowest BCUT2D eigenvalue weighted by Gasteiger charge is -2.26. The van der Waals surface area contributed by atoms with Crippen molar-refractivity contribution in [1.82, 2.24) is 15.5 Å². The highest BCUT2D eigenvalue weighted by atomic mass is 16.5. The molecule has 0 saturated carbocycles. The van der Waals surface area contributed by atoms with Gasteiger partial charge in [-0.2, -0.15) is 0 Å². The van der Waals surface area contributed by atoms with Gasteiger partial charge in [-0.15, -0.1) is 0 Å². The van der Waals surface area contributed by atoms with Crippen molar-refractivity contribution < 1.29 is 9.53 Å². The first-order chi connectivity index (χ1) is 12.7. The Hall–Kier alpha value is -2.08. The van der Waals surface area contributed by atoms with Crippen LogP contribution in [0.3, 0.4) is 0 Å². The number of piperidine rings is 1. The Kier molecular flexibility index (Phi) is 8.96. The van der Waals surface area contributed by atoms with Crippen LogP contribution in [0.5, 0.6) is 0 Å². The minimum Gasteiger partial charge on any atom is -0.382 e. The fraction of sp³-hybridized carbons (Fsp3) is 0.600. The average Bonchev–Trinajstić information content (AvgIpc) is 2.70. The molecule has 0 radical (unpaired) electrons. The molecule has 0 atom stereocenters. The van der Waals surface area contributed by atoms with Crippen molar-refractivity contribution in [3.8, 4) is 0 Å². The molecule has 2 N–H and O–H groups in total. The summed E-state index contributed by atoms with van der Waals surface area (Å²) < 4.78 is 5.32. The molecule has 1 aromatic carbocycles. The van der Waals surface area contributed by atoms with Crippen LogP contribution < -0.4 is 10.6 Å². The Morgan fingerprint density at radius 3 is 2.54 bits per heavy atom. The van der Waals surface area contributed by atoms with Gasteiger partial charge in [-0.05, 0) is 50.3 Å². The van der Waals surface area contributed by atoms with Gasteiger partial charge >= 0.3 is 0 Å². The largest absolute Gasteiger partial charge is 0.382 e. The van der Waals surface area contributed by atoms with Gasteiger partial charge in [-0.25, -0.2) is 0 Å². The van der Waals surface area contributed by atoms with E-state index in [2.05, 4.69) is 15.6 Å². The van der Waals surface area contributed by atoms with Gasteiger partial charge in [0.1, 0.15) is 0 Å². The molecule has 1 aromatic rings. The van der Waals surface area contributed by atoms with Crippen molar-refractivity contribution in [1.29, 1.82) is 0 Å². The highest BCUT2D eigenvalue weighted by Crippen LogP contribution is 2.13. The maximum atomic E-state index is 12.5. The van der Waals surface area contributed by atoms with E-state index in [9.17, 15) is 4.79 Å². The topological polar surface area (TPSA) is 66.0 Å². The van der Waals surface area contributed by atoms with Gasteiger partial charge in [0.05, 0.1) is 0 Å². The molecule has 0 aromatic heterocycles. The van der Waals surface area contributed by atoms with Crippen molar-refractivity contribution in [2.45, 2.75) is 39.2 Å². The molecule has 1 amide bonds. The predicted octanol–water partition coefficient (Wildman–Crippen LogP) is 2.40. The van der Waals surface area contributed by atoms with E-state index in [1.165, 1.54) is 6.42 Å². The first kappa shape index (κ1) is 20.2. The van der Waals surface area contributed by atoms with Crippen molar-refractivity contribution in [2.75, 3.05) is 39.9 Å². The second kappa shape index (κ2) is 11.5.